The van der Waals surface area contributed by atoms with Crippen LogP contribution in [0.15, 0.2) is 24.3 Å². The first kappa shape index (κ1) is 16.0. The Balaban J connectivity index is 1.79. The molecule has 0 aliphatic rings. The molecular formula is C15H15ClN6O2. The fourth-order valence-corrected chi connectivity index (χ4v) is 2.43. The van der Waals surface area contributed by atoms with E-state index in [0.29, 0.717) is 11.0 Å². The van der Waals surface area contributed by atoms with Crippen molar-refractivity contribution in [2.75, 3.05) is 24.7 Å². The minimum atomic E-state index is -0.596. The van der Waals surface area contributed by atoms with Gasteiger partial charge in [-0.3, -0.25) is 0 Å². The molecule has 0 amide bonds. The molecule has 0 atom stereocenters. The Kier molecular flexibility index (Phi) is 4.22. The summed E-state index contributed by atoms with van der Waals surface area (Å²) in [7, 11) is 3.55. The summed E-state index contributed by atoms with van der Waals surface area (Å²) in [6, 6.07) is 7.34. The average molecular weight is 347 g/mol. The number of benzene rings is 1. The Morgan fingerprint density at radius 1 is 1.29 bits per heavy atom. The third-order valence-corrected chi connectivity index (χ3v) is 3.66. The number of nitrogens with one attached hydrogen (secondary N) is 1. The van der Waals surface area contributed by atoms with Crippen molar-refractivity contribution in [2.45, 2.75) is 6.61 Å². The number of nitrogen functional groups attached to an aromatic ring is 1. The highest BCUT2D eigenvalue weighted by Crippen LogP contribution is 2.27. The maximum Gasteiger partial charge on any atom is 0.356 e. The Bertz CT molecular complexity index is 908. The van der Waals surface area contributed by atoms with Crippen LogP contribution >= 0.6 is 11.6 Å². The highest BCUT2D eigenvalue weighted by molar-refractivity contribution is 6.38. The van der Waals surface area contributed by atoms with Crippen LogP contribution in [-0.2, 0) is 11.3 Å². The number of carbonyl (C=O) groups is 1. The summed E-state index contributed by atoms with van der Waals surface area (Å²) in [5.74, 6) is 0.106. The molecule has 0 saturated heterocycles. The number of ether oxygens (including phenoxy) is 1. The Labute approximate surface area is 142 Å². The van der Waals surface area contributed by atoms with E-state index < -0.39 is 5.97 Å². The zero-order chi connectivity index (χ0) is 17.3. The molecule has 3 rings (SSSR count). The fraction of sp³-hybridized carbons (Fsp3) is 0.200. The molecule has 124 valence electrons. The number of anilines is 2. The zero-order valence-corrected chi connectivity index (χ0v) is 13.8. The van der Waals surface area contributed by atoms with E-state index in [1.54, 1.807) is 19.0 Å². The third-order valence-electron chi connectivity index (χ3n) is 3.27. The minimum absolute atomic E-state index is 0.0587. The highest BCUT2D eigenvalue weighted by atomic mass is 35.5. The smallest absolute Gasteiger partial charge is 0.356 e. The highest BCUT2D eigenvalue weighted by Gasteiger charge is 2.18. The van der Waals surface area contributed by atoms with E-state index in [9.17, 15) is 4.79 Å². The van der Waals surface area contributed by atoms with E-state index in [-0.39, 0.29) is 24.1 Å². The Hall–Kier alpha value is -2.87. The first-order chi connectivity index (χ1) is 11.5. The largest absolute Gasteiger partial charge is 0.453 e. The van der Waals surface area contributed by atoms with Gasteiger partial charge < -0.3 is 20.4 Å². The van der Waals surface area contributed by atoms with Gasteiger partial charge in [-0.1, -0.05) is 29.8 Å². The Morgan fingerprint density at radius 2 is 2.04 bits per heavy atom. The number of aromatic amines is 1. The number of carbonyl (C=O) groups excluding carboxylic acids is 1. The van der Waals surface area contributed by atoms with E-state index >= 15 is 0 Å². The number of nitrogens with two attached hydrogens (primary N) is 1. The lowest BCUT2D eigenvalue weighted by atomic mass is 10.2. The van der Waals surface area contributed by atoms with Gasteiger partial charge in [0, 0.05) is 25.0 Å². The molecule has 0 bridgehead atoms. The van der Waals surface area contributed by atoms with Crippen LogP contribution in [0, 0.1) is 0 Å². The van der Waals surface area contributed by atoms with Crippen LogP contribution in [0.5, 0.6) is 0 Å². The third kappa shape index (κ3) is 3.09. The van der Waals surface area contributed by atoms with E-state index in [0.717, 1.165) is 10.9 Å². The molecule has 1 aromatic carbocycles. The summed E-state index contributed by atoms with van der Waals surface area (Å²) in [6.45, 7) is -0.141. The number of para-hydroxylation sites is 1. The number of esters is 1. The lowest BCUT2D eigenvalue weighted by Gasteiger charge is -2.11. The van der Waals surface area contributed by atoms with Gasteiger partial charge in [-0.2, -0.15) is 15.0 Å². The molecule has 8 nitrogen and oxygen atoms in total. The molecule has 0 radical (unpaired) electrons. The SMILES string of the molecule is CN(C)c1nc(N)nc(COC(=O)c2[nH]c3ccccc3c2Cl)n1. The fourth-order valence-electron chi connectivity index (χ4n) is 2.14. The van der Waals surface area contributed by atoms with Crippen LogP contribution in [-0.4, -0.2) is 40.0 Å². The van der Waals surface area contributed by atoms with Crippen molar-refractivity contribution < 1.29 is 9.53 Å². The second-order valence-electron chi connectivity index (χ2n) is 5.24. The quantitative estimate of drug-likeness (QED) is 0.695. The lowest BCUT2D eigenvalue weighted by molar-refractivity contribution is 0.0456. The second-order valence-corrected chi connectivity index (χ2v) is 5.62. The number of H-pyrrole nitrogens is 1. The van der Waals surface area contributed by atoms with Crippen molar-refractivity contribution in [3.8, 4) is 0 Å². The maximum absolute atomic E-state index is 12.3. The monoisotopic (exact) mass is 346 g/mol. The molecular weight excluding hydrogens is 332 g/mol. The van der Waals surface area contributed by atoms with E-state index in [4.69, 9.17) is 22.1 Å². The number of hydrogen-bond donors (Lipinski definition) is 2. The van der Waals surface area contributed by atoms with E-state index in [1.807, 2.05) is 24.3 Å². The van der Waals surface area contributed by atoms with Gasteiger partial charge in [0.25, 0.3) is 0 Å². The van der Waals surface area contributed by atoms with Gasteiger partial charge in [0.1, 0.15) is 5.69 Å². The second kappa shape index (κ2) is 6.32. The predicted molar refractivity (Wildman–Crippen MR) is 91.0 cm³/mol. The standard InChI is InChI=1S/C15H15ClN6O2/c1-22(2)15-20-10(19-14(17)21-15)7-24-13(23)12-11(16)8-5-3-4-6-9(8)18-12/h3-6,18H,7H2,1-2H3,(H2,17,19,20,21). The first-order valence-corrected chi connectivity index (χ1v) is 7.44. The molecule has 0 spiro atoms. The summed E-state index contributed by atoms with van der Waals surface area (Å²) in [6.07, 6.45) is 0. The molecule has 2 aromatic heterocycles. The van der Waals surface area contributed by atoms with Gasteiger partial charge >= 0.3 is 5.97 Å². The lowest BCUT2D eigenvalue weighted by Crippen LogP contribution is -2.17. The van der Waals surface area contributed by atoms with Crippen LogP contribution in [0.3, 0.4) is 0 Å². The topological polar surface area (TPSA) is 110 Å². The number of aromatic nitrogens is 4. The van der Waals surface area contributed by atoms with E-state index in [2.05, 4.69) is 19.9 Å². The molecule has 0 aliphatic carbocycles. The molecule has 3 aromatic rings. The minimum Gasteiger partial charge on any atom is -0.453 e. The normalized spacial score (nSPS) is 10.8. The van der Waals surface area contributed by atoms with Crippen molar-refractivity contribution in [3.63, 3.8) is 0 Å². The van der Waals surface area contributed by atoms with E-state index in [1.165, 1.54) is 0 Å². The van der Waals surface area contributed by atoms with Crippen molar-refractivity contribution in [2.24, 2.45) is 0 Å². The Morgan fingerprint density at radius 3 is 2.75 bits per heavy atom. The van der Waals surface area contributed by atoms with Crippen LogP contribution in [0.4, 0.5) is 11.9 Å². The first-order valence-electron chi connectivity index (χ1n) is 7.07. The molecule has 0 saturated carbocycles. The maximum atomic E-state index is 12.3. The van der Waals surface area contributed by atoms with Crippen molar-refractivity contribution in [1.82, 2.24) is 19.9 Å². The van der Waals surface area contributed by atoms with Crippen LogP contribution < -0.4 is 10.6 Å². The molecule has 3 N–H and O–H groups in total. The van der Waals surface area contributed by atoms with Gasteiger partial charge in [0.2, 0.25) is 11.9 Å². The molecule has 24 heavy (non-hydrogen) atoms. The number of halogens is 1. The molecule has 0 fully saturated rings. The van der Waals surface area contributed by atoms with Crippen LogP contribution in [0.2, 0.25) is 5.02 Å². The number of nitrogens with zero attached hydrogens (tertiary/aromatic N) is 4. The summed E-state index contributed by atoms with van der Waals surface area (Å²) in [4.78, 5) is 29.0. The van der Waals surface area contributed by atoms with Gasteiger partial charge in [-0.15, -0.1) is 0 Å². The predicted octanol–water partition coefficient (Wildman–Crippen LogP) is 2.01. The summed E-state index contributed by atoms with van der Waals surface area (Å²) < 4.78 is 5.23. The summed E-state index contributed by atoms with van der Waals surface area (Å²) in [5, 5.41) is 1.07. The number of rotatable bonds is 4. The number of fused-ring (bicyclic) bond motifs is 1. The average Bonchev–Trinajstić information content (AvgIpc) is 2.89. The van der Waals surface area contributed by atoms with Crippen molar-refractivity contribution in [1.29, 1.82) is 0 Å². The molecule has 2 heterocycles. The molecule has 9 heteroatoms. The van der Waals surface area contributed by atoms with Gasteiger partial charge in [-0.25, -0.2) is 4.79 Å². The van der Waals surface area contributed by atoms with Gasteiger partial charge in [0.15, 0.2) is 12.4 Å². The van der Waals surface area contributed by atoms with Crippen LogP contribution in [0.1, 0.15) is 16.3 Å². The molecule has 0 unspecified atom stereocenters. The van der Waals surface area contributed by atoms with Crippen molar-refractivity contribution >= 4 is 40.4 Å². The summed E-state index contributed by atoms with van der Waals surface area (Å²) >= 11 is 6.23. The van der Waals surface area contributed by atoms with Gasteiger partial charge in [0.05, 0.1) is 5.02 Å². The molecule has 0 aliphatic heterocycles. The van der Waals surface area contributed by atoms with Crippen LogP contribution in [0.25, 0.3) is 10.9 Å². The zero-order valence-electron chi connectivity index (χ0n) is 13.1. The van der Waals surface area contributed by atoms with Gasteiger partial charge in [-0.05, 0) is 6.07 Å². The van der Waals surface area contributed by atoms with Crippen molar-refractivity contribution in [3.05, 3.63) is 40.8 Å². The number of hydrogen-bond acceptors (Lipinski definition) is 7. The summed E-state index contributed by atoms with van der Waals surface area (Å²) in [5.41, 5.74) is 6.58.